The number of carbonyl (C=O) groups excluding carboxylic acids is 1. The van der Waals surface area contributed by atoms with Gasteiger partial charge in [0, 0.05) is 20.2 Å². The molecule has 0 rings (SSSR count). The summed E-state index contributed by atoms with van der Waals surface area (Å²) in [5, 5.41) is 0. The Labute approximate surface area is 80.4 Å². The zero-order chi connectivity index (χ0) is 10.1. The van der Waals surface area contributed by atoms with Gasteiger partial charge in [0.25, 0.3) is 0 Å². The normalized spacial score (nSPS) is 9.69. The van der Waals surface area contributed by atoms with Crippen LogP contribution in [0.15, 0.2) is 12.7 Å². The van der Waals surface area contributed by atoms with Crippen molar-refractivity contribution in [2.24, 2.45) is 0 Å². The van der Waals surface area contributed by atoms with Gasteiger partial charge in [0.2, 0.25) is 5.91 Å². The molecule has 0 aliphatic rings. The van der Waals surface area contributed by atoms with Gasteiger partial charge in [0.1, 0.15) is 0 Å². The summed E-state index contributed by atoms with van der Waals surface area (Å²) in [6.07, 6.45) is 3.53. The number of nitrogens with zero attached hydrogens (tertiary/aromatic N) is 1. The number of rotatable bonds is 7. The molecule has 1 amide bonds. The van der Waals surface area contributed by atoms with Crippen LogP contribution >= 0.6 is 0 Å². The zero-order valence-corrected chi connectivity index (χ0v) is 8.58. The van der Waals surface area contributed by atoms with Crippen molar-refractivity contribution in [2.45, 2.75) is 19.8 Å². The summed E-state index contributed by atoms with van der Waals surface area (Å²) in [5.41, 5.74) is 0. The highest BCUT2D eigenvalue weighted by atomic mass is 16.5. The van der Waals surface area contributed by atoms with Crippen LogP contribution in [0.25, 0.3) is 0 Å². The van der Waals surface area contributed by atoms with E-state index >= 15 is 0 Å². The number of hydrogen-bond donors (Lipinski definition) is 0. The number of ether oxygens (including phenoxy) is 1. The summed E-state index contributed by atoms with van der Waals surface area (Å²) in [5.74, 6) is -0.0564. The molecule has 0 fully saturated rings. The van der Waals surface area contributed by atoms with Gasteiger partial charge >= 0.3 is 0 Å². The molecule has 0 saturated carbocycles. The van der Waals surface area contributed by atoms with Crippen LogP contribution < -0.4 is 0 Å². The molecule has 0 N–H and O–H groups in total. The van der Waals surface area contributed by atoms with Gasteiger partial charge in [-0.3, -0.25) is 4.79 Å². The molecule has 0 spiro atoms. The quantitative estimate of drug-likeness (QED) is 0.444. The number of hydrogen-bond acceptors (Lipinski definition) is 2. The Kier molecular flexibility index (Phi) is 7.30. The fraction of sp³-hybridized carbons (Fsp3) is 0.700. The van der Waals surface area contributed by atoms with Crippen LogP contribution in [0.2, 0.25) is 0 Å². The third kappa shape index (κ3) is 6.34. The van der Waals surface area contributed by atoms with E-state index in [9.17, 15) is 4.79 Å². The molecule has 0 aromatic rings. The smallest absolute Gasteiger partial charge is 0.245 e. The van der Waals surface area contributed by atoms with E-state index in [-0.39, 0.29) is 5.91 Å². The lowest BCUT2D eigenvalue weighted by Crippen LogP contribution is -2.28. The highest BCUT2D eigenvalue weighted by molar-refractivity contribution is 5.86. The molecule has 0 radical (unpaired) electrons. The first-order chi connectivity index (χ1) is 6.22. The van der Waals surface area contributed by atoms with Gasteiger partial charge in [-0.2, -0.15) is 0 Å². The molecular weight excluding hydrogens is 166 g/mol. The summed E-state index contributed by atoms with van der Waals surface area (Å²) in [4.78, 5) is 12.6. The van der Waals surface area contributed by atoms with Crippen molar-refractivity contribution in [1.82, 2.24) is 4.90 Å². The highest BCUT2D eigenvalue weighted by Crippen LogP contribution is 1.90. The standard InChI is InChI=1S/C10H19NO2/c1-4-6-8-13-9-7-11(3)10(12)5-2/h5H,2,4,6-9H2,1,3H3. The molecule has 0 aliphatic carbocycles. The van der Waals surface area contributed by atoms with Gasteiger partial charge in [-0.1, -0.05) is 19.9 Å². The molecule has 3 heteroatoms. The fourth-order valence-electron chi connectivity index (χ4n) is 0.816. The topological polar surface area (TPSA) is 29.5 Å². The Hall–Kier alpha value is -0.830. The van der Waals surface area contributed by atoms with E-state index in [1.165, 1.54) is 6.08 Å². The van der Waals surface area contributed by atoms with Gasteiger partial charge in [-0.05, 0) is 12.5 Å². The first-order valence-corrected chi connectivity index (χ1v) is 4.67. The number of amides is 1. The summed E-state index contributed by atoms with van der Waals surface area (Å²) < 4.78 is 5.31. The van der Waals surface area contributed by atoms with E-state index in [1.54, 1.807) is 11.9 Å². The van der Waals surface area contributed by atoms with E-state index < -0.39 is 0 Å². The highest BCUT2D eigenvalue weighted by Gasteiger charge is 2.02. The molecule has 3 nitrogen and oxygen atoms in total. The molecule has 0 unspecified atom stereocenters. The largest absolute Gasteiger partial charge is 0.380 e. The van der Waals surface area contributed by atoms with Crippen LogP contribution in [0.3, 0.4) is 0 Å². The second kappa shape index (κ2) is 7.80. The molecule has 0 saturated heterocycles. The lowest BCUT2D eigenvalue weighted by Gasteiger charge is -2.14. The third-order valence-corrected chi connectivity index (χ3v) is 1.76. The van der Waals surface area contributed by atoms with E-state index in [1.807, 2.05) is 0 Å². The van der Waals surface area contributed by atoms with Crippen molar-refractivity contribution >= 4 is 5.91 Å². The van der Waals surface area contributed by atoms with Crippen LogP contribution in [-0.4, -0.2) is 37.6 Å². The van der Waals surface area contributed by atoms with Gasteiger partial charge in [-0.25, -0.2) is 0 Å². The second-order valence-corrected chi connectivity index (χ2v) is 2.93. The van der Waals surface area contributed by atoms with Gasteiger partial charge < -0.3 is 9.64 Å². The molecule has 0 aliphatic heterocycles. The molecule has 0 atom stereocenters. The molecule has 13 heavy (non-hydrogen) atoms. The third-order valence-electron chi connectivity index (χ3n) is 1.76. The number of carbonyl (C=O) groups is 1. The maximum absolute atomic E-state index is 11.0. The molecular formula is C10H19NO2. The van der Waals surface area contributed by atoms with Crippen LogP contribution in [0.4, 0.5) is 0 Å². The van der Waals surface area contributed by atoms with Gasteiger partial charge in [0.05, 0.1) is 6.61 Å². The maximum atomic E-state index is 11.0. The van der Waals surface area contributed by atoms with Crippen molar-refractivity contribution in [3.05, 3.63) is 12.7 Å². The first-order valence-electron chi connectivity index (χ1n) is 4.67. The Balaban J connectivity index is 3.31. The zero-order valence-electron chi connectivity index (χ0n) is 8.58. The Morgan fingerprint density at radius 2 is 2.23 bits per heavy atom. The first kappa shape index (κ1) is 12.2. The minimum Gasteiger partial charge on any atom is -0.380 e. The fourth-order valence-corrected chi connectivity index (χ4v) is 0.816. The summed E-state index contributed by atoms with van der Waals surface area (Å²) in [7, 11) is 1.74. The summed E-state index contributed by atoms with van der Waals surface area (Å²) in [6, 6.07) is 0. The summed E-state index contributed by atoms with van der Waals surface area (Å²) in [6.45, 7) is 7.55. The van der Waals surface area contributed by atoms with Crippen molar-refractivity contribution in [3.63, 3.8) is 0 Å². The second-order valence-electron chi connectivity index (χ2n) is 2.93. The number of likely N-dealkylation sites (N-methyl/N-ethyl adjacent to an activating group) is 1. The van der Waals surface area contributed by atoms with Crippen molar-refractivity contribution in [3.8, 4) is 0 Å². The van der Waals surface area contributed by atoms with E-state index in [0.29, 0.717) is 13.2 Å². The van der Waals surface area contributed by atoms with Crippen molar-refractivity contribution in [2.75, 3.05) is 26.8 Å². The van der Waals surface area contributed by atoms with E-state index in [0.717, 1.165) is 19.4 Å². The maximum Gasteiger partial charge on any atom is 0.245 e. The minimum atomic E-state index is -0.0564. The molecule has 0 bridgehead atoms. The van der Waals surface area contributed by atoms with Crippen molar-refractivity contribution in [1.29, 1.82) is 0 Å². The predicted molar refractivity (Wildman–Crippen MR) is 53.6 cm³/mol. The lowest BCUT2D eigenvalue weighted by atomic mass is 10.4. The Bertz CT molecular complexity index is 157. The average Bonchev–Trinajstić information content (AvgIpc) is 2.16. The van der Waals surface area contributed by atoms with Gasteiger partial charge in [-0.15, -0.1) is 0 Å². The average molecular weight is 185 g/mol. The molecule has 0 aromatic heterocycles. The Morgan fingerprint density at radius 3 is 2.77 bits per heavy atom. The SMILES string of the molecule is C=CC(=O)N(C)CCOCCCC. The molecule has 0 aromatic carbocycles. The molecule has 76 valence electrons. The van der Waals surface area contributed by atoms with Gasteiger partial charge in [0.15, 0.2) is 0 Å². The molecule has 0 heterocycles. The Morgan fingerprint density at radius 1 is 1.54 bits per heavy atom. The summed E-state index contributed by atoms with van der Waals surface area (Å²) >= 11 is 0. The van der Waals surface area contributed by atoms with Crippen LogP contribution in [0.5, 0.6) is 0 Å². The van der Waals surface area contributed by atoms with E-state index in [4.69, 9.17) is 4.74 Å². The monoisotopic (exact) mass is 185 g/mol. The number of unbranched alkanes of at least 4 members (excludes halogenated alkanes) is 1. The predicted octanol–water partition coefficient (Wildman–Crippen LogP) is 1.45. The van der Waals surface area contributed by atoms with Crippen LogP contribution in [0, 0.1) is 0 Å². The minimum absolute atomic E-state index is 0.0564. The van der Waals surface area contributed by atoms with Crippen LogP contribution in [0.1, 0.15) is 19.8 Å². The lowest BCUT2D eigenvalue weighted by molar-refractivity contribution is -0.125. The van der Waals surface area contributed by atoms with Crippen molar-refractivity contribution < 1.29 is 9.53 Å². The van der Waals surface area contributed by atoms with E-state index in [2.05, 4.69) is 13.5 Å². The van der Waals surface area contributed by atoms with Crippen LogP contribution in [-0.2, 0) is 9.53 Å².